The van der Waals surface area contributed by atoms with E-state index in [2.05, 4.69) is 20.4 Å². The molecule has 3 aromatic rings. The molecule has 1 saturated heterocycles. The Kier molecular flexibility index (Phi) is 5.95. The third-order valence-electron chi connectivity index (χ3n) is 5.71. The minimum atomic E-state index is -0.0445. The fraction of sp³-hybridized carbons (Fsp3) is 0.375. The Morgan fingerprint density at radius 2 is 1.93 bits per heavy atom. The van der Waals surface area contributed by atoms with Crippen molar-refractivity contribution < 1.29 is 9.32 Å². The molecule has 0 spiro atoms. The Labute approximate surface area is 177 Å². The van der Waals surface area contributed by atoms with Crippen LogP contribution >= 0.6 is 0 Å². The molecule has 2 heterocycles. The number of likely N-dealkylation sites (tertiary alicyclic amines) is 1. The van der Waals surface area contributed by atoms with Gasteiger partial charge < -0.3 is 9.84 Å². The molecule has 1 amide bonds. The first-order valence-electron chi connectivity index (χ1n) is 10.5. The predicted molar refractivity (Wildman–Crippen MR) is 117 cm³/mol. The Morgan fingerprint density at radius 1 is 1.17 bits per heavy atom. The summed E-state index contributed by atoms with van der Waals surface area (Å²) in [4.78, 5) is 19.7. The van der Waals surface area contributed by atoms with Crippen molar-refractivity contribution in [3.05, 3.63) is 65.0 Å². The number of carbonyl (C=O) groups excluding carboxylic acids is 1. The van der Waals surface area contributed by atoms with E-state index in [4.69, 9.17) is 4.52 Å². The average molecular weight is 405 g/mol. The third kappa shape index (κ3) is 4.60. The Balaban J connectivity index is 1.39. The number of hydrogen-bond acceptors (Lipinski definition) is 5. The van der Waals surface area contributed by atoms with Crippen LogP contribution in [-0.2, 0) is 11.3 Å². The van der Waals surface area contributed by atoms with E-state index in [1.54, 1.807) is 0 Å². The first-order valence-corrected chi connectivity index (χ1v) is 10.5. The molecule has 1 unspecified atom stereocenters. The average Bonchev–Trinajstić information content (AvgIpc) is 3.19. The summed E-state index contributed by atoms with van der Waals surface area (Å²) in [6, 6.07) is 14.1. The second-order valence-corrected chi connectivity index (χ2v) is 8.21. The maximum atomic E-state index is 12.9. The molecule has 6 heteroatoms. The zero-order valence-corrected chi connectivity index (χ0v) is 17.8. The summed E-state index contributed by atoms with van der Waals surface area (Å²) in [5, 5.41) is 7.28. The zero-order chi connectivity index (χ0) is 21.1. The molecule has 30 heavy (non-hydrogen) atoms. The highest BCUT2D eigenvalue weighted by molar-refractivity contribution is 5.94. The molecule has 1 fully saturated rings. The number of nitrogens with zero attached hydrogens (tertiary/aromatic N) is 3. The number of hydrogen-bond donors (Lipinski definition) is 1. The molecule has 1 aliphatic heterocycles. The predicted octanol–water partition coefficient (Wildman–Crippen LogP) is 4.51. The lowest BCUT2D eigenvalue weighted by atomic mass is 9.96. The molecule has 0 bridgehead atoms. The molecule has 1 N–H and O–H groups in total. The molecule has 0 aliphatic carbocycles. The summed E-state index contributed by atoms with van der Waals surface area (Å²) < 4.78 is 5.48. The van der Waals surface area contributed by atoms with Gasteiger partial charge in [0.1, 0.15) is 0 Å². The fourth-order valence-electron chi connectivity index (χ4n) is 4.06. The van der Waals surface area contributed by atoms with Gasteiger partial charge in [0, 0.05) is 17.8 Å². The van der Waals surface area contributed by atoms with Crippen LogP contribution in [0.25, 0.3) is 11.4 Å². The van der Waals surface area contributed by atoms with Crippen molar-refractivity contribution >= 4 is 11.6 Å². The quantitative estimate of drug-likeness (QED) is 0.677. The van der Waals surface area contributed by atoms with Crippen LogP contribution in [-0.4, -0.2) is 34.0 Å². The standard InChI is InChI=1S/C24H28N4O2/c1-16-7-4-10-19(13-16)23-25-21(30-27-23)15-28-12-6-11-20(14-28)24(29)26-22-17(2)8-5-9-18(22)3/h4-5,7-10,13,20H,6,11-12,14-15H2,1-3H3,(H,26,29). The lowest BCUT2D eigenvalue weighted by Crippen LogP contribution is -2.40. The topological polar surface area (TPSA) is 71.3 Å². The Hall–Kier alpha value is -2.99. The van der Waals surface area contributed by atoms with Crippen LogP contribution < -0.4 is 5.32 Å². The molecule has 1 aliphatic rings. The first-order chi connectivity index (χ1) is 14.5. The van der Waals surface area contributed by atoms with Crippen molar-refractivity contribution in [1.82, 2.24) is 15.0 Å². The number of carbonyl (C=O) groups is 1. The summed E-state index contributed by atoms with van der Waals surface area (Å²) in [5.41, 5.74) is 5.22. The molecule has 6 nitrogen and oxygen atoms in total. The van der Waals surface area contributed by atoms with Crippen LogP contribution in [0, 0.1) is 26.7 Å². The van der Waals surface area contributed by atoms with Crippen molar-refractivity contribution in [2.75, 3.05) is 18.4 Å². The van der Waals surface area contributed by atoms with E-state index < -0.39 is 0 Å². The molecule has 1 atom stereocenters. The van der Waals surface area contributed by atoms with Crippen molar-refractivity contribution in [2.24, 2.45) is 5.92 Å². The van der Waals surface area contributed by atoms with Gasteiger partial charge >= 0.3 is 0 Å². The van der Waals surface area contributed by atoms with Crippen molar-refractivity contribution in [3.8, 4) is 11.4 Å². The fourth-order valence-corrected chi connectivity index (χ4v) is 4.06. The first kappa shape index (κ1) is 20.3. The summed E-state index contributed by atoms with van der Waals surface area (Å²) >= 11 is 0. The third-order valence-corrected chi connectivity index (χ3v) is 5.71. The van der Waals surface area contributed by atoms with E-state index in [0.717, 1.165) is 47.3 Å². The number of rotatable bonds is 5. The van der Waals surface area contributed by atoms with Gasteiger partial charge in [-0.2, -0.15) is 4.98 Å². The van der Waals surface area contributed by atoms with E-state index in [1.807, 2.05) is 63.2 Å². The van der Waals surface area contributed by atoms with Gasteiger partial charge in [0.25, 0.3) is 0 Å². The van der Waals surface area contributed by atoms with Gasteiger partial charge in [0.2, 0.25) is 17.6 Å². The van der Waals surface area contributed by atoms with E-state index >= 15 is 0 Å². The largest absolute Gasteiger partial charge is 0.338 e. The molecule has 0 radical (unpaired) electrons. The number of aromatic nitrogens is 2. The van der Waals surface area contributed by atoms with Crippen LogP contribution in [0.4, 0.5) is 5.69 Å². The van der Waals surface area contributed by atoms with E-state index in [9.17, 15) is 4.79 Å². The highest BCUT2D eigenvalue weighted by atomic mass is 16.5. The van der Waals surface area contributed by atoms with E-state index in [1.165, 1.54) is 0 Å². The SMILES string of the molecule is Cc1cccc(-c2noc(CN3CCCC(C(=O)Nc4c(C)cccc4C)C3)n2)c1. The molecule has 4 rings (SSSR count). The second-order valence-electron chi connectivity index (χ2n) is 8.21. The maximum Gasteiger partial charge on any atom is 0.241 e. The smallest absolute Gasteiger partial charge is 0.241 e. The number of nitrogens with one attached hydrogen (secondary N) is 1. The number of aryl methyl sites for hydroxylation is 3. The molecular formula is C24H28N4O2. The van der Waals surface area contributed by atoms with Crippen molar-refractivity contribution in [1.29, 1.82) is 0 Å². The summed E-state index contributed by atoms with van der Waals surface area (Å²) in [6.07, 6.45) is 1.87. The van der Waals surface area contributed by atoms with Crippen LogP contribution in [0.3, 0.4) is 0 Å². The molecular weight excluding hydrogens is 376 g/mol. The summed E-state index contributed by atoms with van der Waals surface area (Å²) in [6.45, 7) is 8.27. The summed E-state index contributed by atoms with van der Waals surface area (Å²) in [7, 11) is 0. The lowest BCUT2D eigenvalue weighted by molar-refractivity contribution is -0.121. The van der Waals surface area contributed by atoms with Gasteiger partial charge in [-0.1, -0.05) is 47.1 Å². The molecule has 0 saturated carbocycles. The monoisotopic (exact) mass is 404 g/mol. The lowest BCUT2D eigenvalue weighted by Gasteiger charge is -2.31. The summed E-state index contributed by atoms with van der Waals surface area (Å²) in [5.74, 6) is 1.23. The number of piperidine rings is 1. The normalized spacial score (nSPS) is 17.1. The van der Waals surface area contributed by atoms with Crippen LogP contribution in [0.1, 0.15) is 35.4 Å². The van der Waals surface area contributed by atoms with E-state index in [0.29, 0.717) is 24.8 Å². The molecule has 2 aromatic carbocycles. The van der Waals surface area contributed by atoms with Gasteiger partial charge in [0.05, 0.1) is 12.5 Å². The van der Waals surface area contributed by atoms with Crippen LogP contribution in [0.5, 0.6) is 0 Å². The highest BCUT2D eigenvalue weighted by Crippen LogP contribution is 2.24. The van der Waals surface area contributed by atoms with Gasteiger partial charge in [0.15, 0.2) is 0 Å². The van der Waals surface area contributed by atoms with Crippen molar-refractivity contribution in [3.63, 3.8) is 0 Å². The number of para-hydroxylation sites is 1. The second kappa shape index (κ2) is 8.79. The minimum absolute atomic E-state index is 0.0445. The minimum Gasteiger partial charge on any atom is -0.338 e. The van der Waals surface area contributed by atoms with Gasteiger partial charge in [-0.15, -0.1) is 0 Å². The van der Waals surface area contributed by atoms with E-state index in [-0.39, 0.29) is 11.8 Å². The zero-order valence-electron chi connectivity index (χ0n) is 17.8. The Bertz CT molecular complexity index is 1020. The maximum absolute atomic E-state index is 12.9. The van der Waals surface area contributed by atoms with Gasteiger partial charge in [-0.05, 0) is 57.4 Å². The van der Waals surface area contributed by atoms with Gasteiger partial charge in [-0.25, -0.2) is 0 Å². The highest BCUT2D eigenvalue weighted by Gasteiger charge is 2.27. The van der Waals surface area contributed by atoms with Crippen molar-refractivity contribution in [2.45, 2.75) is 40.2 Å². The van der Waals surface area contributed by atoms with Crippen LogP contribution in [0.15, 0.2) is 47.0 Å². The van der Waals surface area contributed by atoms with Gasteiger partial charge in [-0.3, -0.25) is 9.69 Å². The number of amides is 1. The molecule has 156 valence electrons. The Morgan fingerprint density at radius 3 is 2.70 bits per heavy atom. The van der Waals surface area contributed by atoms with Crippen LogP contribution in [0.2, 0.25) is 0 Å². The molecule has 1 aromatic heterocycles. The number of benzene rings is 2. The number of anilines is 1.